The molecule has 2 aromatic rings. The van der Waals surface area contributed by atoms with Crippen LogP contribution in [-0.2, 0) is 6.54 Å². The van der Waals surface area contributed by atoms with Gasteiger partial charge in [0.05, 0.1) is 0 Å². The third-order valence-electron chi connectivity index (χ3n) is 5.43. The van der Waals surface area contributed by atoms with Crippen LogP contribution in [0.1, 0.15) is 79.4 Å². The summed E-state index contributed by atoms with van der Waals surface area (Å²) in [6.45, 7) is 12.0. The second-order valence-corrected chi connectivity index (χ2v) is 8.26. The molecule has 3 nitrogen and oxygen atoms in total. The highest BCUT2D eigenvalue weighted by molar-refractivity contribution is 6.05. The van der Waals surface area contributed by atoms with Crippen molar-refractivity contribution in [1.29, 1.82) is 0 Å². The van der Waals surface area contributed by atoms with E-state index >= 15 is 0 Å². The van der Waals surface area contributed by atoms with Gasteiger partial charge in [0.25, 0.3) is 5.91 Å². The molecule has 27 heavy (non-hydrogen) atoms. The van der Waals surface area contributed by atoms with Crippen molar-refractivity contribution in [2.24, 2.45) is 0 Å². The first-order chi connectivity index (χ1) is 13.0. The van der Waals surface area contributed by atoms with Crippen LogP contribution in [0.15, 0.2) is 42.5 Å². The summed E-state index contributed by atoms with van der Waals surface area (Å²) in [5.74, 6) is 0.696. The number of hydrogen-bond donors (Lipinski definition) is 1. The molecule has 1 aliphatic heterocycles. The SMILES string of the molecule is CC(C)c1cccc(C(C)C)c1NC(=O)c1ccc(CN2CCCC2)cc1. The fourth-order valence-corrected chi connectivity index (χ4v) is 3.84. The highest BCUT2D eigenvalue weighted by Crippen LogP contribution is 2.32. The normalized spacial score (nSPS) is 14.9. The third kappa shape index (κ3) is 4.78. The minimum absolute atomic E-state index is 0.0299. The Labute approximate surface area is 163 Å². The minimum atomic E-state index is -0.0299. The van der Waals surface area contributed by atoms with Gasteiger partial charge in [0.1, 0.15) is 0 Å². The summed E-state index contributed by atoms with van der Waals surface area (Å²) in [5.41, 5.74) is 5.36. The number of likely N-dealkylation sites (tertiary alicyclic amines) is 1. The van der Waals surface area contributed by atoms with Crippen LogP contribution in [0, 0.1) is 0 Å². The molecule has 0 aliphatic carbocycles. The number of nitrogens with zero attached hydrogens (tertiary/aromatic N) is 1. The molecule has 1 amide bonds. The topological polar surface area (TPSA) is 32.3 Å². The molecular weight excluding hydrogens is 332 g/mol. The monoisotopic (exact) mass is 364 g/mol. The summed E-state index contributed by atoms with van der Waals surface area (Å²) < 4.78 is 0. The van der Waals surface area contributed by atoms with Crippen molar-refractivity contribution in [2.75, 3.05) is 18.4 Å². The van der Waals surface area contributed by atoms with Crippen molar-refractivity contribution >= 4 is 11.6 Å². The van der Waals surface area contributed by atoms with Crippen LogP contribution >= 0.6 is 0 Å². The molecule has 1 N–H and O–H groups in total. The highest BCUT2D eigenvalue weighted by atomic mass is 16.1. The molecule has 0 saturated carbocycles. The Morgan fingerprint density at radius 2 is 1.48 bits per heavy atom. The number of amides is 1. The number of carbonyl (C=O) groups is 1. The average Bonchev–Trinajstić information content (AvgIpc) is 3.15. The summed E-state index contributed by atoms with van der Waals surface area (Å²) in [6.07, 6.45) is 2.60. The maximum absolute atomic E-state index is 12.9. The van der Waals surface area contributed by atoms with Crippen molar-refractivity contribution in [3.8, 4) is 0 Å². The number of nitrogens with one attached hydrogen (secondary N) is 1. The van der Waals surface area contributed by atoms with E-state index in [4.69, 9.17) is 0 Å². The Bertz CT molecular complexity index is 745. The lowest BCUT2D eigenvalue weighted by atomic mass is 9.92. The van der Waals surface area contributed by atoms with Crippen LogP contribution in [-0.4, -0.2) is 23.9 Å². The number of rotatable bonds is 6. The molecule has 0 aromatic heterocycles. The van der Waals surface area contributed by atoms with Crippen LogP contribution < -0.4 is 5.32 Å². The van der Waals surface area contributed by atoms with Crippen molar-refractivity contribution in [3.63, 3.8) is 0 Å². The lowest BCUT2D eigenvalue weighted by Gasteiger charge is -2.20. The first-order valence-corrected chi connectivity index (χ1v) is 10.2. The lowest BCUT2D eigenvalue weighted by molar-refractivity contribution is 0.102. The zero-order valence-corrected chi connectivity index (χ0v) is 17.1. The zero-order chi connectivity index (χ0) is 19.4. The van der Waals surface area contributed by atoms with E-state index in [9.17, 15) is 4.79 Å². The molecule has 1 heterocycles. The van der Waals surface area contributed by atoms with Crippen LogP contribution in [0.3, 0.4) is 0 Å². The van der Waals surface area contributed by atoms with Gasteiger partial charge < -0.3 is 5.32 Å². The maximum atomic E-state index is 12.9. The van der Waals surface area contributed by atoms with Gasteiger partial charge in [-0.25, -0.2) is 0 Å². The first kappa shape index (κ1) is 19.6. The molecule has 0 radical (unpaired) electrons. The van der Waals surface area contributed by atoms with Gasteiger partial charge in [0.2, 0.25) is 0 Å². The van der Waals surface area contributed by atoms with Gasteiger partial charge in [-0.1, -0.05) is 58.0 Å². The van der Waals surface area contributed by atoms with E-state index in [0.29, 0.717) is 17.4 Å². The summed E-state index contributed by atoms with van der Waals surface area (Å²) in [4.78, 5) is 15.4. The van der Waals surface area contributed by atoms with Crippen LogP contribution in [0.2, 0.25) is 0 Å². The smallest absolute Gasteiger partial charge is 0.255 e. The Balaban J connectivity index is 1.77. The Morgan fingerprint density at radius 1 is 0.926 bits per heavy atom. The van der Waals surface area contributed by atoms with Gasteiger partial charge in [-0.15, -0.1) is 0 Å². The molecule has 3 rings (SSSR count). The molecule has 1 aliphatic rings. The Morgan fingerprint density at radius 3 is 2.00 bits per heavy atom. The van der Waals surface area contributed by atoms with E-state index in [1.54, 1.807) is 0 Å². The summed E-state index contributed by atoms with van der Waals surface area (Å²) in [7, 11) is 0. The molecule has 0 unspecified atom stereocenters. The van der Waals surface area contributed by atoms with Gasteiger partial charge in [-0.05, 0) is 66.6 Å². The molecule has 1 saturated heterocycles. The van der Waals surface area contributed by atoms with E-state index in [1.165, 1.54) is 42.6 Å². The molecule has 144 valence electrons. The molecule has 0 bridgehead atoms. The van der Waals surface area contributed by atoms with E-state index in [1.807, 2.05) is 12.1 Å². The highest BCUT2D eigenvalue weighted by Gasteiger charge is 2.17. The number of hydrogen-bond acceptors (Lipinski definition) is 2. The van der Waals surface area contributed by atoms with E-state index < -0.39 is 0 Å². The number of para-hydroxylation sites is 1. The van der Waals surface area contributed by atoms with Crippen LogP contribution in [0.25, 0.3) is 0 Å². The molecule has 0 atom stereocenters. The number of carbonyl (C=O) groups excluding carboxylic acids is 1. The van der Waals surface area contributed by atoms with Crippen LogP contribution in [0.5, 0.6) is 0 Å². The maximum Gasteiger partial charge on any atom is 0.255 e. The van der Waals surface area contributed by atoms with Gasteiger partial charge >= 0.3 is 0 Å². The standard InChI is InChI=1S/C24H32N2O/c1-17(2)21-8-7-9-22(18(3)4)23(21)25-24(27)20-12-10-19(11-13-20)16-26-14-5-6-15-26/h7-13,17-18H,5-6,14-16H2,1-4H3,(H,25,27). The second-order valence-electron chi connectivity index (χ2n) is 8.26. The molecule has 3 heteroatoms. The van der Waals surface area contributed by atoms with E-state index in [-0.39, 0.29) is 5.91 Å². The largest absolute Gasteiger partial charge is 0.321 e. The van der Waals surface area contributed by atoms with E-state index in [0.717, 1.165) is 12.2 Å². The van der Waals surface area contributed by atoms with Crippen LogP contribution in [0.4, 0.5) is 5.69 Å². The predicted octanol–water partition coefficient (Wildman–Crippen LogP) is 5.78. The zero-order valence-electron chi connectivity index (χ0n) is 17.1. The molecule has 0 spiro atoms. The van der Waals surface area contributed by atoms with Crippen molar-refractivity contribution < 1.29 is 4.79 Å². The van der Waals surface area contributed by atoms with Crippen molar-refractivity contribution in [1.82, 2.24) is 4.90 Å². The number of benzene rings is 2. The quantitative estimate of drug-likeness (QED) is 0.704. The second kappa shape index (κ2) is 8.71. The number of anilines is 1. The fourth-order valence-electron chi connectivity index (χ4n) is 3.84. The van der Waals surface area contributed by atoms with Gasteiger partial charge in [0, 0.05) is 17.8 Å². The van der Waals surface area contributed by atoms with Gasteiger partial charge in [0.15, 0.2) is 0 Å². The average molecular weight is 365 g/mol. The molecular formula is C24H32N2O. The van der Waals surface area contributed by atoms with E-state index in [2.05, 4.69) is 68.2 Å². The predicted molar refractivity (Wildman–Crippen MR) is 114 cm³/mol. The third-order valence-corrected chi connectivity index (χ3v) is 5.43. The van der Waals surface area contributed by atoms with Gasteiger partial charge in [-0.2, -0.15) is 0 Å². The van der Waals surface area contributed by atoms with Gasteiger partial charge in [-0.3, -0.25) is 9.69 Å². The summed E-state index contributed by atoms with van der Waals surface area (Å²) in [5, 5.41) is 3.20. The van der Waals surface area contributed by atoms with Crippen molar-refractivity contribution in [2.45, 2.75) is 58.9 Å². The lowest BCUT2D eigenvalue weighted by Crippen LogP contribution is -2.19. The van der Waals surface area contributed by atoms with Crippen molar-refractivity contribution in [3.05, 3.63) is 64.7 Å². The summed E-state index contributed by atoms with van der Waals surface area (Å²) >= 11 is 0. The minimum Gasteiger partial charge on any atom is -0.321 e. The Hall–Kier alpha value is -2.13. The molecule has 1 fully saturated rings. The first-order valence-electron chi connectivity index (χ1n) is 10.2. The fraction of sp³-hybridized carbons (Fsp3) is 0.458. The molecule has 2 aromatic carbocycles. The summed E-state index contributed by atoms with van der Waals surface area (Å²) in [6, 6.07) is 14.4. The Kier molecular flexibility index (Phi) is 6.33.